The minimum atomic E-state index is -0.653. The molecular weight excluding hydrogens is 230 g/mol. The molecule has 1 unspecified atom stereocenters. The van der Waals surface area contributed by atoms with Crippen LogP contribution in [0.1, 0.15) is 19.8 Å². The molecule has 1 heterocycles. The standard InChI is InChI=1S/C11H20ClNO3/c1-11(4-3-8-16-11)10(14)13(6-5-12)7-9-15-2/h3-9H2,1-2H3. The SMILES string of the molecule is COCCN(CCCl)C(=O)C1(C)CCCO1. The first-order valence-electron chi connectivity index (χ1n) is 5.62. The first-order valence-corrected chi connectivity index (χ1v) is 6.16. The van der Waals surface area contributed by atoms with E-state index in [1.807, 2.05) is 6.92 Å². The van der Waals surface area contributed by atoms with Crippen molar-refractivity contribution in [3.63, 3.8) is 0 Å². The van der Waals surface area contributed by atoms with Crippen molar-refractivity contribution in [2.24, 2.45) is 0 Å². The Labute approximate surface area is 102 Å². The molecule has 1 aliphatic rings. The Hall–Kier alpha value is -0.320. The van der Waals surface area contributed by atoms with Gasteiger partial charge in [-0.05, 0) is 19.8 Å². The van der Waals surface area contributed by atoms with Gasteiger partial charge in [-0.1, -0.05) is 0 Å². The number of amides is 1. The van der Waals surface area contributed by atoms with Crippen LogP contribution in [0, 0.1) is 0 Å². The van der Waals surface area contributed by atoms with Gasteiger partial charge < -0.3 is 14.4 Å². The lowest BCUT2D eigenvalue weighted by molar-refractivity contribution is -0.151. The number of carbonyl (C=O) groups is 1. The average Bonchev–Trinajstić information content (AvgIpc) is 2.72. The van der Waals surface area contributed by atoms with Crippen LogP contribution in [0.3, 0.4) is 0 Å². The normalized spacial score (nSPS) is 24.7. The molecule has 0 aromatic carbocycles. The van der Waals surface area contributed by atoms with Gasteiger partial charge in [0.05, 0.1) is 6.61 Å². The first kappa shape index (κ1) is 13.7. The van der Waals surface area contributed by atoms with Gasteiger partial charge in [0.1, 0.15) is 5.60 Å². The van der Waals surface area contributed by atoms with Gasteiger partial charge in [0.25, 0.3) is 5.91 Å². The van der Waals surface area contributed by atoms with E-state index in [1.54, 1.807) is 12.0 Å². The second-order valence-corrected chi connectivity index (χ2v) is 4.53. The summed E-state index contributed by atoms with van der Waals surface area (Å²) in [6.45, 7) is 4.17. The smallest absolute Gasteiger partial charge is 0.254 e. The predicted molar refractivity (Wildman–Crippen MR) is 62.8 cm³/mol. The summed E-state index contributed by atoms with van der Waals surface area (Å²) in [5.74, 6) is 0.466. The van der Waals surface area contributed by atoms with Crippen LogP contribution < -0.4 is 0 Å². The molecular formula is C11H20ClNO3. The summed E-state index contributed by atoms with van der Waals surface area (Å²) in [7, 11) is 1.62. The van der Waals surface area contributed by atoms with Crippen molar-refractivity contribution in [1.29, 1.82) is 0 Å². The minimum absolute atomic E-state index is 0.0303. The molecule has 94 valence electrons. The van der Waals surface area contributed by atoms with Crippen LogP contribution >= 0.6 is 11.6 Å². The molecule has 4 nitrogen and oxygen atoms in total. The van der Waals surface area contributed by atoms with Crippen LogP contribution in [0.4, 0.5) is 0 Å². The Bertz CT molecular complexity index is 229. The van der Waals surface area contributed by atoms with Gasteiger partial charge in [0, 0.05) is 32.7 Å². The van der Waals surface area contributed by atoms with Crippen LogP contribution in [0.2, 0.25) is 0 Å². The molecule has 1 atom stereocenters. The predicted octanol–water partition coefficient (Wildman–Crippen LogP) is 1.27. The third-order valence-electron chi connectivity index (χ3n) is 2.88. The molecule has 0 radical (unpaired) electrons. The Morgan fingerprint density at radius 2 is 2.31 bits per heavy atom. The summed E-state index contributed by atoms with van der Waals surface area (Å²) in [5, 5.41) is 0. The largest absolute Gasteiger partial charge is 0.383 e. The summed E-state index contributed by atoms with van der Waals surface area (Å²) < 4.78 is 10.5. The van der Waals surface area contributed by atoms with Crippen LogP contribution in [-0.4, -0.2) is 55.7 Å². The van der Waals surface area contributed by atoms with E-state index >= 15 is 0 Å². The molecule has 1 amide bonds. The van der Waals surface area contributed by atoms with E-state index in [-0.39, 0.29) is 5.91 Å². The molecule has 5 heteroatoms. The monoisotopic (exact) mass is 249 g/mol. The number of nitrogens with zero attached hydrogens (tertiary/aromatic N) is 1. The highest BCUT2D eigenvalue weighted by Crippen LogP contribution is 2.27. The molecule has 0 saturated carbocycles. The first-order chi connectivity index (χ1) is 7.64. The van der Waals surface area contributed by atoms with Crippen molar-refractivity contribution in [1.82, 2.24) is 4.90 Å². The van der Waals surface area contributed by atoms with Crippen molar-refractivity contribution in [2.75, 3.05) is 39.3 Å². The van der Waals surface area contributed by atoms with Crippen molar-refractivity contribution in [3.8, 4) is 0 Å². The topological polar surface area (TPSA) is 38.8 Å². The van der Waals surface area contributed by atoms with Gasteiger partial charge in [-0.25, -0.2) is 0 Å². The third kappa shape index (κ3) is 3.34. The summed E-state index contributed by atoms with van der Waals surface area (Å²) in [6.07, 6.45) is 1.73. The zero-order chi connectivity index (χ0) is 12.0. The fraction of sp³-hybridized carbons (Fsp3) is 0.909. The summed E-state index contributed by atoms with van der Waals surface area (Å²) in [4.78, 5) is 14.0. The second kappa shape index (κ2) is 6.42. The van der Waals surface area contributed by atoms with Crippen molar-refractivity contribution in [3.05, 3.63) is 0 Å². The number of carbonyl (C=O) groups excluding carboxylic acids is 1. The highest BCUT2D eigenvalue weighted by Gasteiger charge is 2.40. The fourth-order valence-electron chi connectivity index (χ4n) is 1.90. The van der Waals surface area contributed by atoms with Crippen molar-refractivity contribution >= 4 is 17.5 Å². The number of halogens is 1. The van der Waals surface area contributed by atoms with Crippen molar-refractivity contribution in [2.45, 2.75) is 25.4 Å². The highest BCUT2D eigenvalue weighted by molar-refractivity contribution is 6.18. The number of ether oxygens (including phenoxy) is 2. The lowest BCUT2D eigenvalue weighted by Crippen LogP contribution is -2.48. The lowest BCUT2D eigenvalue weighted by Gasteiger charge is -2.30. The summed E-state index contributed by atoms with van der Waals surface area (Å²) in [6, 6.07) is 0. The van der Waals surface area contributed by atoms with Crippen LogP contribution in [0.15, 0.2) is 0 Å². The Balaban J connectivity index is 2.58. The van der Waals surface area contributed by atoms with Gasteiger partial charge in [0.2, 0.25) is 0 Å². The quantitative estimate of drug-likeness (QED) is 0.666. The van der Waals surface area contributed by atoms with Gasteiger partial charge >= 0.3 is 0 Å². The van der Waals surface area contributed by atoms with E-state index in [4.69, 9.17) is 21.1 Å². The summed E-state index contributed by atoms with van der Waals surface area (Å²) in [5.41, 5.74) is -0.653. The van der Waals surface area contributed by atoms with Crippen LogP contribution in [0.25, 0.3) is 0 Å². The summed E-state index contributed by atoms with van der Waals surface area (Å²) >= 11 is 5.70. The molecule has 0 bridgehead atoms. The number of hydrogen-bond acceptors (Lipinski definition) is 3. The molecule has 1 aliphatic heterocycles. The average molecular weight is 250 g/mol. The van der Waals surface area contributed by atoms with E-state index < -0.39 is 5.60 Å². The Morgan fingerprint density at radius 1 is 1.56 bits per heavy atom. The Morgan fingerprint density at radius 3 is 2.81 bits per heavy atom. The van der Waals surface area contributed by atoms with Crippen LogP contribution in [-0.2, 0) is 14.3 Å². The number of alkyl halides is 1. The molecule has 0 aliphatic carbocycles. The van der Waals surface area contributed by atoms with E-state index in [0.29, 0.717) is 32.2 Å². The molecule has 0 N–H and O–H groups in total. The van der Waals surface area contributed by atoms with E-state index in [0.717, 1.165) is 12.8 Å². The lowest BCUT2D eigenvalue weighted by atomic mass is 10.0. The van der Waals surface area contributed by atoms with Gasteiger partial charge in [-0.15, -0.1) is 11.6 Å². The number of hydrogen-bond donors (Lipinski definition) is 0. The maximum Gasteiger partial charge on any atom is 0.254 e. The van der Waals surface area contributed by atoms with Gasteiger partial charge in [-0.2, -0.15) is 0 Å². The highest BCUT2D eigenvalue weighted by atomic mass is 35.5. The number of methoxy groups -OCH3 is 1. The van der Waals surface area contributed by atoms with E-state index in [1.165, 1.54) is 0 Å². The fourth-order valence-corrected chi connectivity index (χ4v) is 2.10. The molecule has 16 heavy (non-hydrogen) atoms. The molecule has 0 aromatic rings. The van der Waals surface area contributed by atoms with Crippen LogP contribution in [0.5, 0.6) is 0 Å². The van der Waals surface area contributed by atoms with Gasteiger partial charge in [0.15, 0.2) is 0 Å². The Kier molecular flexibility index (Phi) is 5.52. The zero-order valence-corrected chi connectivity index (χ0v) is 10.8. The van der Waals surface area contributed by atoms with Gasteiger partial charge in [-0.3, -0.25) is 4.79 Å². The molecule has 0 aromatic heterocycles. The van der Waals surface area contributed by atoms with E-state index in [2.05, 4.69) is 0 Å². The number of rotatable bonds is 6. The zero-order valence-electron chi connectivity index (χ0n) is 10.00. The molecule has 1 fully saturated rings. The van der Waals surface area contributed by atoms with E-state index in [9.17, 15) is 4.79 Å². The maximum atomic E-state index is 12.2. The molecule has 1 rings (SSSR count). The third-order valence-corrected chi connectivity index (χ3v) is 3.05. The second-order valence-electron chi connectivity index (χ2n) is 4.16. The molecule has 1 saturated heterocycles. The minimum Gasteiger partial charge on any atom is -0.383 e. The maximum absolute atomic E-state index is 12.2. The molecule has 0 spiro atoms. The van der Waals surface area contributed by atoms with Crippen molar-refractivity contribution < 1.29 is 14.3 Å².